The van der Waals surface area contributed by atoms with Gasteiger partial charge in [-0.05, 0) is 170 Å². The van der Waals surface area contributed by atoms with E-state index in [0.717, 1.165) is 5.58 Å². The van der Waals surface area contributed by atoms with E-state index in [1.807, 2.05) is 6.26 Å². The topological polar surface area (TPSA) is 13.1 Å². The molecule has 6 rings (SSSR count). The van der Waals surface area contributed by atoms with Crippen molar-refractivity contribution in [3.05, 3.63) is 108 Å². The predicted octanol–water partition coefficient (Wildman–Crippen LogP) is 9.53. The zero-order valence-corrected chi connectivity index (χ0v) is 23.4. The highest BCUT2D eigenvalue weighted by molar-refractivity contribution is 6.01. The lowest BCUT2D eigenvalue weighted by molar-refractivity contribution is 0.615. The van der Waals surface area contributed by atoms with E-state index in [9.17, 15) is 0 Å². The van der Waals surface area contributed by atoms with Crippen LogP contribution in [0.4, 0.5) is 0 Å². The Balaban J connectivity index is 1.99. The Bertz CT molecular complexity index is 1630. The molecule has 0 atom stereocenters. The maximum absolute atomic E-state index is 5.98. The molecule has 0 fully saturated rings. The highest BCUT2D eigenvalue weighted by Gasteiger charge is 2.48. The molecule has 36 heavy (non-hydrogen) atoms. The molecule has 2 aliphatic rings. The minimum absolute atomic E-state index is 0.386. The Morgan fingerprint density at radius 2 is 1.03 bits per heavy atom. The summed E-state index contributed by atoms with van der Waals surface area (Å²) in [5.74, 6) is 0. The quantitative estimate of drug-likeness (QED) is 0.248. The third-order valence-corrected chi connectivity index (χ3v) is 10.1. The van der Waals surface area contributed by atoms with Crippen LogP contribution < -0.4 is 0 Å². The van der Waals surface area contributed by atoms with E-state index in [4.69, 9.17) is 4.42 Å². The highest BCUT2D eigenvalue weighted by atomic mass is 16.3. The van der Waals surface area contributed by atoms with E-state index in [2.05, 4.69) is 99.6 Å². The molecule has 0 saturated heterocycles. The van der Waals surface area contributed by atoms with Gasteiger partial charge in [-0.3, -0.25) is 0 Å². The lowest BCUT2D eigenvalue weighted by Gasteiger charge is -2.38. The maximum Gasteiger partial charge on any atom is 0.134 e. The van der Waals surface area contributed by atoms with Gasteiger partial charge in [-0.15, -0.1) is 0 Å². The molecular formula is C35H36O. The summed E-state index contributed by atoms with van der Waals surface area (Å²) < 4.78 is 5.98. The Hall–Kier alpha value is -3.32. The normalized spacial score (nSPS) is 15.5. The summed E-state index contributed by atoms with van der Waals surface area (Å²) in [6.45, 7) is 23.2. The van der Waals surface area contributed by atoms with Crippen molar-refractivity contribution < 1.29 is 4.42 Å². The summed E-state index contributed by atoms with van der Waals surface area (Å²) >= 11 is 0. The number of hydrogen-bond acceptors (Lipinski definition) is 1. The molecule has 1 aromatic heterocycles. The van der Waals surface area contributed by atoms with Gasteiger partial charge in [0.2, 0.25) is 0 Å². The fourth-order valence-corrected chi connectivity index (χ4v) is 7.40. The number of hydrogen-bond donors (Lipinski definition) is 0. The molecule has 0 aliphatic heterocycles. The molecule has 0 N–H and O–H groups in total. The van der Waals surface area contributed by atoms with Crippen LogP contribution >= 0.6 is 0 Å². The predicted molar refractivity (Wildman–Crippen MR) is 154 cm³/mol. The molecule has 0 unspecified atom stereocenters. The van der Waals surface area contributed by atoms with Crippen LogP contribution in [0.25, 0.3) is 28.2 Å². The van der Waals surface area contributed by atoms with Crippen molar-refractivity contribution in [2.75, 3.05) is 0 Å². The van der Waals surface area contributed by atoms with Gasteiger partial charge in [-0.25, -0.2) is 0 Å². The molecule has 3 aromatic carbocycles. The molecule has 2 aliphatic carbocycles. The van der Waals surface area contributed by atoms with E-state index >= 15 is 0 Å². The van der Waals surface area contributed by atoms with Crippen molar-refractivity contribution >= 4 is 28.2 Å². The Morgan fingerprint density at radius 3 is 1.56 bits per heavy atom. The standard InChI is InChI=1S/C35H36O/c1-17-19(3)25(9)32-30(21(17)5)23(7)24(8)31-22(6)18(2)20(4)26(10)33(31)35(32)15-13-27-11-12-29-28(34(27)35)14-16-36-29/h11-16H,1-10H3. The number of fused-ring (bicyclic) bond motifs is 8. The van der Waals surface area contributed by atoms with Crippen LogP contribution in [0.2, 0.25) is 0 Å². The van der Waals surface area contributed by atoms with Crippen molar-refractivity contribution in [3.63, 3.8) is 0 Å². The van der Waals surface area contributed by atoms with E-state index < -0.39 is 0 Å². The first-order chi connectivity index (χ1) is 17.0. The van der Waals surface area contributed by atoms with Crippen LogP contribution in [0.1, 0.15) is 91.7 Å². The maximum atomic E-state index is 5.98. The van der Waals surface area contributed by atoms with Crippen LogP contribution in [0.15, 0.2) is 35.0 Å². The summed E-state index contributed by atoms with van der Waals surface area (Å²) in [5, 5.41) is 1.22. The van der Waals surface area contributed by atoms with Crippen molar-refractivity contribution in [1.29, 1.82) is 0 Å². The number of rotatable bonds is 0. The average Bonchev–Trinajstić information content (AvgIpc) is 3.47. The largest absolute Gasteiger partial charge is 0.464 e. The van der Waals surface area contributed by atoms with Gasteiger partial charge in [0.1, 0.15) is 5.58 Å². The second-order valence-electron chi connectivity index (χ2n) is 11.3. The van der Waals surface area contributed by atoms with Gasteiger partial charge >= 0.3 is 0 Å². The van der Waals surface area contributed by atoms with Gasteiger partial charge in [0.25, 0.3) is 0 Å². The van der Waals surface area contributed by atoms with E-state index in [-0.39, 0.29) is 5.41 Å². The second-order valence-corrected chi connectivity index (χ2v) is 11.3. The molecule has 1 spiro atoms. The van der Waals surface area contributed by atoms with Gasteiger partial charge in [0, 0.05) is 5.39 Å². The molecule has 1 heteroatoms. The van der Waals surface area contributed by atoms with E-state index in [1.54, 1.807) is 0 Å². The molecule has 0 radical (unpaired) electrons. The molecular weight excluding hydrogens is 436 g/mol. The summed E-state index contributed by atoms with van der Waals surface area (Å²) in [6.07, 6.45) is 6.72. The van der Waals surface area contributed by atoms with E-state index in [0.29, 0.717) is 0 Å². The van der Waals surface area contributed by atoms with Gasteiger partial charge in [-0.1, -0.05) is 18.2 Å². The molecule has 0 bridgehead atoms. The van der Waals surface area contributed by atoms with Crippen LogP contribution in [-0.4, -0.2) is 0 Å². The lowest BCUT2D eigenvalue weighted by Crippen LogP contribution is -2.31. The molecule has 182 valence electrons. The molecule has 1 nitrogen and oxygen atoms in total. The monoisotopic (exact) mass is 472 g/mol. The third kappa shape index (κ3) is 2.51. The van der Waals surface area contributed by atoms with Gasteiger partial charge in [0.15, 0.2) is 0 Å². The molecule has 1 heterocycles. The second kappa shape index (κ2) is 7.35. The van der Waals surface area contributed by atoms with Gasteiger partial charge in [-0.2, -0.15) is 0 Å². The van der Waals surface area contributed by atoms with Crippen molar-refractivity contribution in [3.8, 4) is 0 Å². The first-order valence-electron chi connectivity index (χ1n) is 13.1. The average molecular weight is 473 g/mol. The summed E-state index contributed by atoms with van der Waals surface area (Å²) in [6, 6.07) is 6.55. The minimum atomic E-state index is -0.386. The SMILES string of the molecule is CC1=C(C)c2c(C)c(C)c(C)c(C)c2C2(C=Cc3ccc4occc4c32)c2c(C)c(C)c(C)c(C)c21. The van der Waals surface area contributed by atoms with Gasteiger partial charge in [0.05, 0.1) is 11.7 Å². The molecule has 0 saturated carbocycles. The summed E-state index contributed by atoms with van der Waals surface area (Å²) in [5.41, 5.74) is 23.0. The van der Waals surface area contributed by atoms with Crippen LogP contribution in [0.3, 0.4) is 0 Å². The van der Waals surface area contributed by atoms with Crippen molar-refractivity contribution in [2.45, 2.75) is 74.7 Å². The zero-order valence-electron chi connectivity index (χ0n) is 23.4. The fraction of sp³-hybridized carbons (Fsp3) is 0.314. The van der Waals surface area contributed by atoms with Crippen molar-refractivity contribution in [2.24, 2.45) is 0 Å². The first kappa shape index (κ1) is 23.1. The van der Waals surface area contributed by atoms with Crippen molar-refractivity contribution in [1.82, 2.24) is 0 Å². The zero-order chi connectivity index (χ0) is 25.8. The van der Waals surface area contributed by atoms with Crippen LogP contribution in [-0.2, 0) is 5.41 Å². The molecule has 4 aromatic rings. The number of benzene rings is 3. The first-order valence-corrected chi connectivity index (χ1v) is 13.1. The Labute approximate surface area is 215 Å². The molecule has 0 amide bonds. The third-order valence-electron chi connectivity index (χ3n) is 10.1. The lowest BCUT2D eigenvalue weighted by atomic mass is 9.63. The Kier molecular flexibility index (Phi) is 4.72. The summed E-state index contributed by atoms with van der Waals surface area (Å²) in [7, 11) is 0. The highest BCUT2D eigenvalue weighted by Crippen LogP contribution is 2.58. The summed E-state index contributed by atoms with van der Waals surface area (Å²) in [4.78, 5) is 0. The number of furan rings is 1. The minimum Gasteiger partial charge on any atom is -0.464 e. The number of allylic oxidation sites excluding steroid dienone is 3. The van der Waals surface area contributed by atoms with Crippen LogP contribution in [0, 0.1) is 55.4 Å². The fourth-order valence-electron chi connectivity index (χ4n) is 7.40. The van der Waals surface area contributed by atoms with Gasteiger partial charge < -0.3 is 4.42 Å². The van der Waals surface area contributed by atoms with Crippen LogP contribution in [0.5, 0.6) is 0 Å². The van der Waals surface area contributed by atoms with E-state index in [1.165, 1.54) is 94.4 Å². The smallest absolute Gasteiger partial charge is 0.134 e. The Morgan fingerprint density at radius 1 is 0.528 bits per heavy atom.